The maximum atomic E-state index is 10.9. The minimum atomic E-state index is -0.842. The molecule has 1 saturated heterocycles. The van der Waals surface area contributed by atoms with Crippen LogP contribution in [0, 0.1) is 6.92 Å². The molecule has 2 N–H and O–H groups in total. The van der Waals surface area contributed by atoms with E-state index in [1.807, 2.05) is 31.2 Å². The van der Waals surface area contributed by atoms with Crippen LogP contribution in [-0.2, 0) is 6.54 Å². The third-order valence-corrected chi connectivity index (χ3v) is 5.18. The van der Waals surface area contributed by atoms with Gasteiger partial charge in [-0.2, -0.15) is 0 Å². The van der Waals surface area contributed by atoms with E-state index in [4.69, 9.17) is 16.3 Å². The quantitative estimate of drug-likeness (QED) is 0.824. The van der Waals surface area contributed by atoms with Crippen LogP contribution < -0.4 is 4.74 Å². The Morgan fingerprint density at radius 2 is 2.00 bits per heavy atom. The van der Waals surface area contributed by atoms with Crippen molar-refractivity contribution in [1.82, 2.24) is 4.90 Å². The van der Waals surface area contributed by atoms with Crippen molar-refractivity contribution in [1.29, 1.82) is 0 Å². The molecule has 26 heavy (non-hydrogen) atoms. The molecule has 2 aromatic carbocycles. The number of aromatic hydroxyl groups is 1. The number of hydrogen-bond donors (Lipinski definition) is 2. The summed E-state index contributed by atoms with van der Waals surface area (Å²) in [4.78, 5) is 2.28. The fraction of sp³-hybridized carbons (Fsp3) is 0.429. The third kappa shape index (κ3) is 5.13. The Hall–Kier alpha value is -1.75. The monoisotopic (exact) mass is 375 g/mol. The lowest BCUT2D eigenvalue weighted by Crippen LogP contribution is -2.37. The van der Waals surface area contributed by atoms with Crippen LogP contribution in [0.1, 0.15) is 30.4 Å². The summed E-state index contributed by atoms with van der Waals surface area (Å²) in [5.74, 6) is 1.01. The molecule has 0 amide bonds. The topological polar surface area (TPSA) is 52.9 Å². The van der Waals surface area contributed by atoms with Gasteiger partial charge in [0.1, 0.15) is 18.1 Å². The second-order valence-corrected chi connectivity index (χ2v) is 7.67. The predicted molar refractivity (Wildman–Crippen MR) is 104 cm³/mol. The summed E-state index contributed by atoms with van der Waals surface area (Å²) in [5, 5.41) is 21.6. The van der Waals surface area contributed by atoms with Crippen LogP contribution in [0.15, 0.2) is 42.5 Å². The molecule has 0 radical (unpaired) electrons. The summed E-state index contributed by atoms with van der Waals surface area (Å²) >= 11 is 5.98. The summed E-state index contributed by atoms with van der Waals surface area (Å²) in [5.41, 5.74) is 1.23. The number of nitrogens with zero attached hydrogens (tertiary/aromatic N) is 1. The van der Waals surface area contributed by atoms with Crippen molar-refractivity contribution < 1.29 is 14.9 Å². The molecule has 0 saturated carbocycles. The normalized spacial score (nSPS) is 21.3. The second-order valence-electron chi connectivity index (χ2n) is 7.23. The van der Waals surface area contributed by atoms with Crippen LogP contribution in [0.5, 0.6) is 11.5 Å². The number of phenolic OH excluding ortho intramolecular Hbond substituents is 1. The number of benzene rings is 2. The van der Waals surface area contributed by atoms with E-state index in [0.29, 0.717) is 35.9 Å². The average molecular weight is 376 g/mol. The smallest absolute Gasteiger partial charge is 0.120 e. The molecule has 1 aliphatic heterocycles. The predicted octanol–water partition coefficient (Wildman–Crippen LogP) is 4.15. The van der Waals surface area contributed by atoms with E-state index in [1.165, 1.54) is 0 Å². The standard InChI is InChI=1S/C21H26ClNO3/c1-16-6-7-20(24)17(12-16)14-23-10-3-8-21(25,9-11-23)15-26-19-5-2-4-18(22)13-19/h2,4-7,12-13,24-25H,3,8-11,14-15H2,1H3. The number of likely N-dealkylation sites (tertiary alicyclic amines) is 1. The number of ether oxygens (including phenoxy) is 1. The highest BCUT2D eigenvalue weighted by Gasteiger charge is 2.31. The Morgan fingerprint density at radius 3 is 2.81 bits per heavy atom. The molecule has 3 rings (SSSR count). The zero-order chi connectivity index (χ0) is 18.6. The summed E-state index contributed by atoms with van der Waals surface area (Å²) in [6, 6.07) is 12.9. The van der Waals surface area contributed by atoms with Crippen molar-refractivity contribution in [3.05, 3.63) is 58.6 Å². The molecule has 2 aromatic rings. The maximum Gasteiger partial charge on any atom is 0.120 e. The molecule has 0 spiro atoms. The number of halogens is 1. The highest BCUT2D eigenvalue weighted by Crippen LogP contribution is 2.27. The van der Waals surface area contributed by atoms with Gasteiger partial charge in [-0.1, -0.05) is 35.4 Å². The van der Waals surface area contributed by atoms with Gasteiger partial charge in [0.2, 0.25) is 0 Å². The van der Waals surface area contributed by atoms with E-state index >= 15 is 0 Å². The molecular weight excluding hydrogens is 350 g/mol. The second kappa shape index (κ2) is 8.30. The lowest BCUT2D eigenvalue weighted by Gasteiger charge is -2.27. The van der Waals surface area contributed by atoms with Crippen molar-refractivity contribution >= 4 is 11.6 Å². The molecule has 0 aliphatic carbocycles. The SMILES string of the molecule is Cc1ccc(O)c(CN2CCCC(O)(COc3cccc(Cl)c3)CC2)c1. The number of hydrogen-bond acceptors (Lipinski definition) is 4. The molecule has 1 atom stereocenters. The van der Waals surface area contributed by atoms with Gasteiger partial charge in [-0.15, -0.1) is 0 Å². The largest absolute Gasteiger partial charge is 0.508 e. The Labute approximate surface area is 160 Å². The third-order valence-electron chi connectivity index (χ3n) is 4.94. The van der Waals surface area contributed by atoms with E-state index in [1.54, 1.807) is 18.2 Å². The first-order valence-electron chi connectivity index (χ1n) is 9.05. The molecular formula is C21H26ClNO3. The van der Waals surface area contributed by atoms with Gasteiger partial charge in [0.25, 0.3) is 0 Å². The highest BCUT2D eigenvalue weighted by atomic mass is 35.5. The summed E-state index contributed by atoms with van der Waals surface area (Å²) in [6.07, 6.45) is 2.23. The van der Waals surface area contributed by atoms with Crippen LogP contribution in [-0.4, -0.2) is 40.4 Å². The molecule has 140 valence electrons. The van der Waals surface area contributed by atoms with Gasteiger partial charge in [0.05, 0.1) is 5.60 Å². The Morgan fingerprint density at radius 1 is 1.15 bits per heavy atom. The van der Waals surface area contributed by atoms with Gasteiger partial charge in [0.15, 0.2) is 0 Å². The van der Waals surface area contributed by atoms with E-state index in [-0.39, 0.29) is 6.61 Å². The van der Waals surface area contributed by atoms with Crippen LogP contribution in [0.2, 0.25) is 5.02 Å². The van der Waals surface area contributed by atoms with Crippen molar-refractivity contribution in [2.75, 3.05) is 19.7 Å². The molecule has 4 nitrogen and oxygen atoms in total. The van der Waals surface area contributed by atoms with Crippen molar-refractivity contribution in [3.63, 3.8) is 0 Å². The summed E-state index contributed by atoms with van der Waals surface area (Å²) in [6.45, 7) is 4.64. The summed E-state index contributed by atoms with van der Waals surface area (Å²) < 4.78 is 5.78. The number of rotatable bonds is 5. The first kappa shape index (κ1) is 19.0. The minimum absolute atomic E-state index is 0.261. The van der Waals surface area contributed by atoms with E-state index in [0.717, 1.165) is 30.6 Å². The average Bonchev–Trinajstić information content (AvgIpc) is 2.79. The van der Waals surface area contributed by atoms with Crippen LogP contribution in [0.3, 0.4) is 0 Å². The van der Waals surface area contributed by atoms with E-state index in [9.17, 15) is 10.2 Å². The molecule has 1 aliphatic rings. The molecule has 5 heteroatoms. The van der Waals surface area contributed by atoms with Gasteiger partial charge < -0.3 is 14.9 Å². The first-order valence-corrected chi connectivity index (χ1v) is 9.43. The fourth-order valence-corrected chi connectivity index (χ4v) is 3.57. The van der Waals surface area contributed by atoms with E-state index in [2.05, 4.69) is 4.90 Å². The van der Waals surface area contributed by atoms with Gasteiger partial charge in [-0.05, 0) is 57.0 Å². The molecule has 1 fully saturated rings. The van der Waals surface area contributed by atoms with Crippen molar-refractivity contribution in [2.45, 2.75) is 38.3 Å². The zero-order valence-corrected chi connectivity index (χ0v) is 15.9. The van der Waals surface area contributed by atoms with Crippen LogP contribution in [0.4, 0.5) is 0 Å². The van der Waals surface area contributed by atoms with Gasteiger partial charge in [-0.3, -0.25) is 4.90 Å². The fourth-order valence-electron chi connectivity index (χ4n) is 3.39. The van der Waals surface area contributed by atoms with Gasteiger partial charge in [-0.25, -0.2) is 0 Å². The number of aliphatic hydroxyl groups is 1. The Bertz CT molecular complexity index is 752. The van der Waals surface area contributed by atoms with Gasteiger partial charge in [0, 0.05) is 23.7 Å². The molecule has 1 heterocycles. The van der Waals surface area contributed by atoms with Crippen molar-refractivity contribution in [2.24, 2.45) is 0 Å². The van der Waals surface area contributed by atoms with Crippen LogP contribution in [0.25, 0.3) is 0 Å². The lowest BCUT2D eigenvalue weighted by atomic mass is 9.96. The first-order chi connectivity index (χ1) is 12.4. The van der Waals surface area contributed by atoms with Crippen molar-refractivity contribution in [3.8, 4) is 11.5 Å². The Kier molecular flexibility index (Phi) is 6.07. The number of phenols is 1. The zero-order valence-electron chi connectivity index (χ0n) is 15.1. The minimum Gasteiger partial charge on any atom is -0.508 e. The summed E-state index contributed by atoms with van der Waals surface area (Å²) in [7, 11) is 0. The Balaban J connectivity index is 1.57. The highest BCUT2D eigenvalue weighted by molar-refractivity contribution is 6.30. The maximum absolute atomic E-state index is 10.9. The lowest BCUT2D eigenvalue weighted by molar-refractivity contribution is -0.0168. The molecule has 0 bridgehead atoms. The number of aryl methyl sites for hydroxylation is 1. The molecule has 0 aromatic heterocycles. The van der Waals surface area contributed by atoms with E-state index < -0.39 is 5.60 Å². The molecule has 1 unspecified atom stereocenters. The van der Waals surface area contributed by atoms with Gasteiger partial charge >= 0.3 is 0 Å². The van der Waals surface area contributed by atoms with Crippen LogP contribution >= 0.6 is 11.6 Å².